The molecule has 1 heterocycles. The molecular weight excluding hydrogens is 200 g/mol. The van der Waals surface area contributed by atoms with Gasteiger partial charge in [0.2, 0.25) is 0 Å². The third-order valence-corrected chi connectivity index (χ3v) is 2.80. The average Bonchev–Trinajstić information content (AvgIpc) is 2.71. The molecule has 3 nitrogen and oxygen atoms in total. The minimum absolute atomic E-state index is 0.930. The van der Waals surface area contributed by atoms with Crippen LogP contribution >= 0.6 is 0 Å². The number of para-hydroxylation sites is 1. The summed E-state index contributed by atoms with van der Waals surface area (Å²) in [5.74, 6) is 0.930. The van der Waals surface area contributed by atoms with Crippen molar-refractivity contribution in [2.24, 2.45) is 0 Å². The van der Waals surface area contributed by atoms with Crippen molar-refractivity contribution >= 4 is 16.9 Å². The van der Waals surface area contributed by atoms with E-state index in [1.165, 1.54) is 10.9 Å². The topological polar surface area (TPSA) is 28.4 Å². The molecule has 0 amide bonds. The second-order valence-electron chi connectivity index (χ2n) is 4.10. The fourth-order valence-corrected chi connectivity index (χ4v) is 1.77. The lowest BCUT2D eigenvalue weighted by Crippen LogP contribution is -2.26. The summed E-state index contributed by atoms with van der Waals surface area (Å²) < 4.78 is 5.86. The molecule has 0 fully saturated rings. The Kier molecular flexibility index (Phi) is 3.15. The van der Waals surface area contributed by atoms with Gasteiger partial charge in [-0.25, -0.2) is 0 Å². The van der Waals surface area contributed by atoms with Gasteiger partial charge in [-0.15, -0.1) is 0 Å². The Morgan fingerprint density at radius 3 is 2.88 bits per heavy atom. The van der Waals surface area contributed by atoms with Crippen molar-refractivity contribution in [2.45, 2.75) is 6.92 Å². The number of nitrogens with zero attached hydrogens (tertiary/aromatic N) is 1. The van der Waals surface area contributed by atoms with Gasteiger partial charge in [0.15, 0.2) is 5.88 Å². The van der Waals surface area contributed by atoms with E-state index >= 15 is 0 Å². The van der Waals surface area contributed by atoms with Crippen LogP contribution in [-0.2, 0) is 0 Å². The van der Waals surface area contributed by atoms with Gasteiger partial charge in [0.1, 0.15) is 5.58 Å². The lowest BCUT2D eigenvalue weighted by molar-refractivity contribution is 0.590. The predicted molar refractivity (Wildman–Crippen MR) is 68.1 cm³/mol. The Morgan fingerprint density at radius 2 is 2.19 bits per heavy atom. The zero-order chi connectivity index (χ0) is 11.5. The molecule has 0 atom stereocenters. The largest absolute Gasteiger partial charge is 0.440 e. The SMILES string of the molecule is CNCCN(C)c1cc2cccc(C)c2o1. The van der Waals surface area contributed by atoms with Gasteiger partial charge in [0, 0.05) is 31.6 Å². The number of fused-ring (bicyclic) bond motifs is 1. The molecule has 0 radical (unpaired) electrons. The van der Waals surface area contributed by atoms with E-state index in [4.69, 9.17) is 4.42 Å². The first-order chi connectivity index (χ1) is 7.72. The highest BCUT2D eigenvalue weighted by atomic mass is 16.4. The predicted octanol–water partition coefficient (Wildman–Crippen LogP) is 2.40. The van der Waals surface area contributed by atoms with Crippen molar-refractivity contribution in [1.29, 1.82) is 0 Å². The highest BCUT2D eigenvalue weighted by Crippen LogP contribution is 2.27. The molecule has 16 heavy (non-hydrogen) atoms. The van der Waals surface area contributed by atoms with Gasteiger partial charge in [-0.2, -0.15) is 0 Å². The quantitative estimate of drug-likeness (QED) is 0.854. The van der Waals surface area contributed by atoms with E-state index in [2.05, 4.69) is 41.4 Å². The van der Waals surface area contributed by atoms with Gasteiger partial charge >= 0.3 is 0 Å². The summed E-state index contributed by atoms with van der Waals surface area (Å²) in [6, 6.07) is 8.31. The van der Waals surface area contributed by atoms with Crippen molar-refractivity contribution in [3.8, 4) is 0 Å². The van der Waals surface area contributed by atoms with Gasteiger partial charge in [-0.1, -0.05) is 18.2 Å². The van der Waals surface area contributed by atoms with Crippen molar-refractivity contribution in [2.75, 3.05) is 32.1 Å². The Balaban J connectivity index is 2.29. The van der Waals surface area contributed by atoms with E-state index in [9.17, 15) is 0 Å². The molecule has 1 aromatic carbocycles. The van der Waals surface area contributed by atoms with E-state index in [0.29, 0.717) is 0 Å². The molecule has 0 unspecified atom stereocenters. The second kappa shape index (κ2) is 4.58. The second-order valence-corrected chi connectivity index (χ2v) is 4.10. The molecule has 1 N–H and O–H groups in total. The van der Waals surface area contributed by atoms with Crippen molar-refractivity contribution in [3.63, 3.8) is 0 Å². The van der Waals surface area contributed by atoms with Crippen LogP contribution in [0.2, 0.25) is 0 Å². The molecule has 0 aliphatic heterocycles. The van der Waals surface area contributed by atoms with Crippen molar-refractivity contribution < 1.29 is 4.42 Å². The molecule has 0 aliphatic carbocycles. The van der Waals surface area contributed by atoms with Gasteiger partial charge in [-0.3, -0.25) is 0 Å². The molecular formula is C13H18N2O. The lowest BCUT2D eigenvalue weighted by atomic mass is 10.2. The Morgan fingerprint density at radius 1 is 1.38 bits per heavy atom. The normalized spacial score (nSPS) is 10.9. The van der Waals surface area contributed by atoms with Crippen LogP contribution in [0.4, 0.5) is 5.88 Å². The maximum Gasteiger partial charge on any atom is 0.196 e. The van der Waals surface area contributed by atoms with Gasteiger partial charge in [0.05, 0.1) is 0 Å². The molecule has 0 aliphatic rings. The number of anilines is 1. The van der Waals surface area contributed by atoms with Crippen molar-refractivity contribution in [3.05, 3.63) is 29.8 Å². The highest BCUT2D eigenvalue weighted by Gasteiger charge is 2.08. The third kappa shape index (κ3) is 2.04. The van der Waals surface area contributed by atoms with E-state index in [-0.39, 0.29) is 0 Å². The minimum Gasteiger partial charge on any atom is -0.440 e. The van der Waals surface area contributed by atoms with Crippen LogP contribution in [0.15, 0.2) is 28.7 Å². The maximum absolute atomic E-state index is 5.86. The van der Waals surface area contributed by atoms with E-state index < -0.39 is 0 Å². The van der Waals surface area contributed by atoms with Crippen molar-refractivity contribution in [1.82, 2.24) is 5.32 Å². The van der Waals surface area contributed by atoms with Gasteiger partial charge in [-0.05, 0) is 19.5 Å². The van der Waals surface area contributed by atoms with Crippen LogP contribution in [0.3, 0.4) is 0 Å². The number of likely N-dealkylation sites (N-methyl/N-ethyl adjacent to an activating group) is 2. The molecule has 0 saturated carbocycles. The summed E-state index contributed by atoms with van der Waals surface area (Å²) in [5.41, 5.74) is 2.18. The molecule has 3 heteroatoms. The van der Waals surface area contributed by atoms with Gasteiger partial charge < -0.3 is 14.6 Å². The van der Waals surface area contributed by atoms with Crippen LogP contribution in [0.5, 0.6) is 0 Å². The molecule has 0 spiro atoms. The fraction of sp³-hybridized carbons (Fsp3) is 0.385. The number of hydrogen-bond donors (Lipinski definition) is 1. The van der Waals surface area contributed by atoms with E-state index in [1.54, 1.807) is 0 Å². The molecule has 0 bridgehead atoms. The summed E-state index contributed by atoms with van der Waals surface area (Å²) in [4.78, 5) is 2.12. The molecule has 0 saturated heterocycles. The van der Waals surface area contributed by atoms with Crippen LogP contribution in [-0.4, -0.2) is 27.2 Å². The summed E-state index contributed by atoms with van der Waals surface area (Å²) >= 11 is 0. The minimum atomic E-state index is 0.930. The van der Waals surface area contributed by atoms with Crippen LogP contribution < -0.4 is 10.2 Å². The standard InChI is InChI=1S/C13H18N2O/c1-10-5-4-6-11-9-12(16-13(10)11)15(3)8-7-14-2/h4-6,9,14H,7-8H2,1-3H3. The Bertz CT molecular complexity index is 476. The Labute approximate surface area is 96.0 Å². The lowest BCUT2D eigenvalue weighted by Gasteiger charge is -2.14. The Hall–Kier alpha value is -1.48. The molecule has 86 valence electrons. The summed E-state index contributed by atoms with van der Waals surface area (Å²) in [7, 11) is 4.00. The average molecular weight is 218 g/mol. The van der Waals surface area contributed by atoms with Crippen LogP contribution in [0.25, 0.3) is 11.0 Å². The molecule has 1 aromatic heterocycles. The first-order valence-electron chi connectivity index (χ1n) is 5.57. The fourth-order valence-electron chi connectivity index (χ4n) is 1.77. The number of aryl methyl sites for hydroxylation is 1. The first kappa shape index (κ1) is 11.0. The number of furan rings is 1. The van der Waals surface area contributed by atoms with Crippen LogP contribution in [0, 0.1) is 6.92 Å². The summed E-state index contributed by atoms with van der Waals surface area (Å²) in [5, 5.41) is 4.30. The molecule has 2 rings (SSSR count). The van der Waals surface area contributed by atoms with E-state index in [0.717, 1.165) is 24.6 Å². The number of hydrogen-bond acceptors (Lipinski definition) is 3. The maximum atomic E-state index is 5.86. The number of rotatable bonds is 4. The third-order valence-electron chi connectivity index (χ3n) is 2.80. The van der Waals surface area contributed by atoms with Gasteiger partial charge in [0.25, 0.3) is 0 Å². The first-order valence-corrected chi connectivity index (χ1v) is 5.57. The smallest absolute Gasteiger partial charge is 0.196 e. The monoisotopic (exact) mass is 218 g/mol. The number of nitrogens with one attached hydrogen (secondary N) is 1. The zero-order valence-electron chi connectivity index (χ0n) is 10.1. The zero-order valence-corrected chi connectivity index (χ0v) is 10.1. The summed E-state index contributed by atoms with van der Waals surface area (Å²) in [6.07, 6.45) is 0. The van der Waals surface area contributed by atoms with E-state index in [1.807, 2.05) is 14.1 Å². The summed E-state index contributed by atoms with van der Waals surface area (Å²) in [6.45, 7) is 3.96. The van der Waals surface area contributed by atoms with Crippen LogP contribution in [0.1, 0.15) is 5.56 Å². The highest BCUT2D eigenvalue weighted by molar-refractivity contribution is 5.83. The molecule has 2 aromatic rings. The number of benzene rings is 1.